The van der Waals surface area contributed by atoms with Gasteiger partial charge in [-0.1, -0.05) is 0 Å². The van der Waals surface area contributed by atoms with E-state index in [4.69, 9.17) is 0 Å². The highest BCUT2D eigenvalue weighted by Crippen LogP contribution is 2.03. The molecular weight excluding hydrogens is 216 g/mol. The molecule has 0 unspecified atom stereocenters. The molecule has 0 aliphatic rings. The summed E-state index contributed by atoms with van der Waals surface area (Å²) in [6.07, 6.45) is -4.71. The van der Waals surface area contributed by atoms with Crippen LogP contribution in [0.4, 0.5) is 0 Å². The van der Waals surface area contributed by atoms with Crippen LogP contribution in [0.15, 0.2) is 0 Å². The lowest BCUT2D eigenvalue weighted by Crippen LogP contribution is -2.43. The molecule has 0 heterocycles. The van der Waals surface area contributed by atoms with Gasteiger partial charge in [-0.15, -0.1) is 0 Å². The maximum absolute atomic E-state index is 11.1. The first-order valence-electron chi connectivity index (χ1n) is 5.02. The van der Waals surface area contributed by atoms with Gasteiger partial charge < -0.3 is 19.7 Å². The molecular formula is C10H18O6. The summed E-state index contributed by atoms with van der Waals surface area (Å²) in [5, 5.41) is 18.6. The lowest BCUT2D eigenvalue weighted by Gasteiger charge is -2.18. The Kier molecular flexibility index (Phi) is 5.98. The largest absolute Gasteiger partial charge is 0.461 e. The summed E-state index contributed by atoms with van der Waals surface area (Å²) in [7, 11) is 0. The molecule has 0 fully saturated rings. The molecule has 2 N–H and O–H groups in total. The van der Waals surface area contributed by atoms with E-state index in [1.807, 2.05) is 0 Å². The highest BCUT2D eigenvalue weighted by Gasteiger charge is 2.33. The fraction of sp³-hybridized carbons (Fsp3) is 0.800. The molecule has 16 heavy (non-hydrogen) atoms. The molecule has 0 rings (SSSR count). The van der Waals surface area contributed by atoms with Crippen LogP contribution in [0.2, 0.25) is 0 Å². The van der Waals surface area contributed by atoms with Gasteiger partial charge in [-0.05, 0) is 27.7 Å². The van der Waals surface area contributed by atoms with Crippen molar-refractivity contribution in [2.24, 2.45) is 0 Å². The maximum Gasteiger partial charge on any atom is 0.338 e. The summed E-state index contributed by atoms with van der Waals surface area (Å²) in [5.41, 5.74) is 0. The second-order valence-corrected chi connectivity index (χ2v) is 3.86. The van der Waals surface area contributed by atoms with Crippen molar-refractivity contribution >= 4 is 11.9 Å². The topological polar surface area (TPSA) is 93.1 Å². The van der Waals surface area contributed by atoms with Crippen molar-refractivity contribution in [3.8, 4) is 0 Å². The van der Waals surface area contributed by atoms with E-state index in [0.29, 0.717) is 0 Å². The molecule has 0 aliphatic heterocycles. The number of carbonyl (C=O) groups is 2. The second kappa shape index (κ2) is 6.44. The Morgan fingerprint density at radius 3 is 1.25 bits per heavy atom. The van der Waals surface area contributed by atoms with Crippen molar-refractivity contribution in [2.75, 3.05) is 0 Å². The van der Waals surface area contributed by atoms with Gasteiger partial charge in [0, 0.05) is 0 Å². The zero-order chi connectivity index (χ0) is 12.9. The molecule has 0 aromatic carbocycles. The second-order valence-electron chi connectivity index (χ2n) is 3.86. The number of rotatable bonds is 5. The van der Waals surface area contributed by atoms with Gasteiger partial charge in [0.15, 0.2) is 12.2 Å². The lowest BCUT2D eigenvalue weighted by atomic mass is 10.2. The monoisotopic (exact) mass is 234 g/mol. The Hall–Kier alpha value is -1.14. The minimum atomic E-state index is -1.92. The molecule has 0 aromatic heterocycles. The van der Waals surface area contributed by atoms with E-state index in [-0.39, 0.29) is 0 Å². The summed E-state index contributed by atoms with van der Waals surface area (Å²) in [5.74, 6) is -2.11. The van der Waals surface area contributed by atoms with Crippen LogP contribution >= 0.6 is 0 Å². The summed E-state index contributed by atoms with van der Waals surface area (Å²) in [6.45, 7) is 6.35. The third-order valence-corrected chi connectivity index (χ3v) is 1.49. The quantitative estimate of drug-likeness (QED) is 0.629. The molecule has 0 bridgehead atoms. The van der Waals surface area contributed by atoms with E-state index in [0.717, 1.165) is 0 Å². The fourth-order valence-corrected chi connectivity index (χ4v) is 0.862. The summed E-state index contributed by atoms with van der Waals surface area (Å²) >= 11 is 0. The molecule has 0 radical (unpaired) electrons. The molecule has 6 nitrogen and oxygen atoms in total. The fourth-order valence-electron chi connectivity index (χ4n) is 0.862. The Labute approximate surface area is 94.2 Å². The minimum absolute atomic E-state index is 0.435. The SMILES string of the molecule is CC(C)OC(=O)[C@@H](O)[C@@H](O)C(=O)OC(C)C. The smallest absolute Gasteiger partial charge is 0.338 e. The zero-order valence-corrected chi connectivity index (χ0v) is 9.84. The number of hydrogen-bond donors (Lipinski definition) is 2. The van der Waals surface area contributed by atoms with Crippen LogP contribution in [0, 0.1) is 0 Å². The first-order valence-corrected chi connectivity index (χ1v) is 5.02. The molecule has 0 aliphatic carbocycles. The molecule has 94 valence electrons. The number of carbonyl (C=O) groups excluding carboxylic acids is 2. The third kappa shape index (κ3) is 5.09. The van der Waals surface area contributed by atoms with Gasteiger partial charge in [0.2, 0.25) is 0 Å². The van der Waals surface area contributed by atoms with Crippen LogP contribution in [0.1, 0.15) is 27.7 Å². The van der Waals surface area contributed by atoms with E-state index in [1.165, 1.54) is 0 Å². The number of aliphatic hydroxyl groups is 2. The molecule has 2 atom stereocenters. The average molecular weight is 234 g/mol. The van der Waals surface area contributed by atoms with Gasteiger partial charge in [-0.3, -0.25) is 0 Å². The Bertz CT molecular complexity index is 222. The molecule has 0 amide bonds. The lowest BCUT2D eigenvalue weighted by molar-refractivity contribution is -0.177. The van der Waals surface area contributed by atoms with Crippen LogP contribution < -0.4 is 0 Å². The number of esters is 2. The molecule has 0 saturated heterocycles. The van der Waals surface area contributed by atoms with Crippen molar-refractivity contribution < 1.29 is 29.3 Å². The van der Waals surface area contributed by atoms with Crippen molar-refractivity contribution in [3.63, 3.8) is 0 Å². The third-order valence-electron chi connectivity index (χ3n) is 1.49. The van der Waals surface area contributed by atoms with E-state index in [2.05, 4.69) is 9.47 Å². The van der Waals surface area contributed by atoms with Gasteiger partial charge >= 0.3 is 11.9 Å². The number of hydrogen-bond acceptors (Lipinski definition) is 6. The van der Waals surface area contributed by atoms with Crippen molar-refractivity contribution in [1.29, 1.82) is 0 Å². The maximum atomic E-state index is 11.1. The predicted octanol–water partition coefficient (Wildman–Crippen LogP) is -0.389. The average Bonchev–Trinajstić information content (AvgIpc) is 2.13. The minimum Gasteiger partial charge on any atom is -0.461 e. The Balaban J connectivity index is 4.31. The van der Waals surface area contributed by atoms with Gasteiger partial charge in [0.05, 0.1) is 12.2 Å². The van der Waals surface area contributed by atoms with Gasteiger partial charge in [-0.25, -0.2) is 9.59 Å². The van der Waals surface area contributed by atoms with Crippen molar-refractivity contribution in [2.45, 2.75) is 52.1 Å². The van der Waals surface area contributed by atoms with Crippen LogP contribution in [-0.4, -0.2) is 46.6 Å². The van der Waals surface area contributed by atoms with E-state index in [1.54, 1.807) is 27.7 Å². The highest BCUT2D eigenvalue weighted by molar-refractivity contribution is 5.85. The van der Waals surface area contributed by atoms with Gasteiger partial charge in [0.1, 0.15) is 0 Å². The van der Waals surface area contributed by atoms with E-state index < -0.39 is 36.4 Å². The zero-order valence-electron chi connectivity index (χ0n) is 9.84. The van der Waals surface area contributed by atoms with E-state index >= 15 is 0 Å². The van der Waals surface area contributed by atoms with Crippen LogP contribution in [0.25, 0.3) is 0 Å². The molecule has 0 aromatic rings. The normalized spacial score (nSPS) is 14.8. The Morgan fingerprint density at radius 1 is 0.812 bits per heavy atom. The first kappa shape index (κ1) is 14.9. The van der Waals surface area contributed by atoms with Gasteiger partial charge in [-0.2, -0.15) is 0 Å². The molecule has 6 heteroatoms. The van der Waals surface area contributed by atoms with Crippen molar-refractivity contribution in [1.82, 2.24) is 0 Å². The number of ether oxygens (including phenoxy) is 2. The molecule has 0 saturated carbocycles. The van der Waals surface area contributed by atoms with Gasteiger partial charge in [0.25, 0.3) is 0 Å². The van der Waals surface area contributed by atoms with Crippen molar-refractivity contribution in [3.05, 3.63) is 0 Å². The summed E-state index contributed by atoms with van der Waals surface area (Å²) in [4.78, 5) is 22.3. The Morgan fingerprint density at radius 2 is 1.06 bits per heavy atom. The van der Waals surface area contributed by atoms with E-state index in [9.17, 15) is 19.8 Å². The summed E-state index contributed by atoms with van der Waals surface area (Å²) < 4.78 is 9.26. The van der Waals surface area contributed by atoms with Crippen LogP contribution in [0.5, 0.6) is 0 Å². The van der Waals surface area contributed by atoms with Crippen LogP contribution in [0.3, 0.4) is 0 Å². The predicted molar refractivity (Wildman–Crippen MR) is 54.5 cm³/mol. The first-order chi connectivity index (χ1) is 7.25. The highest BCUT2D eigenvalue weighted by atomic mass is 16.6. The van der Waals surface area contributed by atoms with Crippen LogP contribution in [-0.2, 0) is 19.1 Å². The molecule has 0 spiro atoms. The number of aliphatic hydroxyl groups excluding tert-OH is 2. The standard InChI is InChI=1S/C10H18O6/c1-5(2)15-9(13)7(11)8(12)10(14)16-6(3)4/h5-8,11-12H,1-4H3/t7-,8+. The summed E-state index contributed by atoms with van der Waals surface area (Å²) in [6, 6.07) is 0.